The molecule has 0 aromatic heterocycles. The van der Waals surface area contributed by atoms with Crippen LogP contribution < -0.4 is 10.6 Å². The molecule has 1 aliphatic rings. The van der Waals surface area contributed by atoms with Crippen molar-refractivity contribution in [2.45, 2.75) is 31.2 Å². The molecule has 0 unspecified atom stereocenters. The number of nitro benzene ring substituents is 1. The zero-order valence-corrected chi connectivity index (χ0v) is 14.6. The first-order chi connectivity index (χ1) is 11.3. The van der Waals surface area contributed by atoms with Crippen LogP contribution >= 0.6 is 11.8 Å². The average molecular weight is 341 g/mol. The van der Waals surface area contributed by atoms with E-state index >= 15 is 0 Å². The Morgan fingerprint density at radius 3 is 2.38 bits per heavy atom. The maximum absolute atomic E-state index is 10.9. The molecule has 2 N–H and O–H groups in total. The molecule has 1 aliphatic heterocycles. The molecule has 0 spiro atoms. The van der Waals surface area contributed by atoms with Gasteiger partial charge in [-0.1, -0.05) is 23.9 Å². The highest BCUT2D eigenvalue weighted by atomic mass is 32.2. The quantitative estimate of drug-likeness (QED) is 0.618. The van der Waals surface area contributed by atoms with Gasteiger partial charge >= 0.3 is 0 Å². The lowest BCUT2D eigenvalue weighted by atomic mass is 10.1. The maximum Gasteiger partial charge on any atom is 0.269 e. The van der Waals surface area contributed by atoms with Crippen LogP contribution in [0.2, 0.25) is 0 Å². The number of non-ortho nitro benzene ring substituents is 1. The van der Waals surface area contributed by atoms with Crippen LogP contribution in [0.4, 0.5) is 11.4 Å². The minimum atomic E-state index is -0.384. The van der Waals surface area contributed by atoms with Gasteiger partial charge in [0.1, 0.15) is 0 Å². The van der Waals surface area contributed by atoms with E-state index in [4.69, 9.17) is 0 Å². The smallest absolute Gasteiger partial charge is 0.269 e. The molecule has 0 saturated carbocycles. The average Bonchev–Trinajstić information content (AvgIpc) is 2.53. The van der Waals surface area contributed by atoms with Crippen molar-refractivity contribution in [2.75, 3.05) is 5.32 Å². The van der Waals surface area contributed by atoms with Crippen LogP contribution in [0.1, 0.15) is 26.3 Å². The van der Waals surface area contributed by atoms with E-state index in [1.807, 2.05) is 18.2 Å². The summed E-state index contributed by atoms with van der Waals surface area (Å²) in [4.78, 5) is 11.6. The Balaban J connectivity index is 2.03. The Labute approximate surface area is 145 Å². The van der Waals surface area contributed by atoms with Crippen LogP contribution in [-0.2, 0) is 0 Å². The molecule has 2 aromatic carbocycles. The van der Waals surface area contributed by atoms with Crippen LogP contribution in [0.25, 0.3) is 5.70 Å². The van der Waals surface area contributed by atoms with Crippen LogP contribution in [0.15, 0.2) is 58.5 Å². The molecule has 5 nitrogen and oxygen atoms in total. The van der Waals surface area contributed by atoms with Crippen LogP contribution in [0, 0.1) is 10.1 Å². The largest absolute Gasteiger partial charge is 0.373 e. The summed E-state index contributed by atoms with van der Waals surface area (Å²) in [5, 5.41) is 18.9. The zero-order valence-electron chi connectivity index (χ0n) is 13.8. The molecule has 3 rings (SSSR count). The van der Waals surface area contributed by atoms with Gasteiger partial charge in [0.05, 0.1) is 21.3 Å². The molecule has 124 valence electrons. The molecule has 1 heterocycles. The van der Waals surface area contributed by atoms with Crippen molar-refractivity contribution in [3.63, 3.8) is 0 Å². The maximum atomic E-state index is 10.9. The molecular weight excluding hydrogens is 322 g/mol. The molecule has 0 atom stereocenters. The third-order valence-electron chi connectivity index (χ3n) is 3.44. The van der Waals surface area contributed by atoms with E-state index in [1.165, 1.54) is 12.1 Å². The van der Waals surface area contributed by atoms with Crippen molar-refractivity contribution >= 4 is 28.8 Å². The Bertz CT molecular complexity index is 808. The van der Waals surface area contributed by atoms with Crippen molar-refractivity contribution in [3.05, 3.63) is 69.2 Å². The van der Waals surface area contributed by atoms with Gasteiger partial charge in [0.15, 0.2) is 0 Å². The van der Waals surface area contributed by atoms with Gasteiger partial charge in [-0.05, 0) is 45.0 Å². The third-order valence-corrected chi connectivity index (χ3v) is 4.53. The Kier molecular flexibility index (Phi) is 4.24. The summed E-state index contributed by atoms with van der Waals surface area (Å²) in [5.41, 5.74) is 2.88. The number of hydrogen-bond acceptors (Lipinski definition) is 5. The first kappa shape index (κ1) is 16.4. The van der Waals surface area contributed by atoms with Crippen LogP contribution in [-0.4, -0.2) is 10.5 Å². The predicted molar refractivity (Wildman–Crippen MR) is 98.8 cm³/mol. The predicted octanol–water partition coefficient (Wildman–Crippen LogP) is 4.83. The topological polar surface area (TPSA) is 67.2 Å². The van der Waals surface area contributed by atoms with Gasteiger partial charge in [-0.2, -0.15) is 0 Å². The molecule has 2 aromatic rings. The number of anilines is 1. The highest BCUT2D eigenvalue weighted by Crippen LogP contribution is 2.42. The Morgan fingerprint density at radius 2 is 1.75 bits per heavy atom. The summed E-state index contributed by atoms with van der Waals surface area (Å²) >= 11 is 1.67. The molecule has 0 radical (unpaired) electrons. The highest BCUT2D eigenvalue weighted by molar-refractivity contribution is 8.03. The Hall–Kier alpha value is -2.47. The fourth-order valence-corrected chi connectivity index (χ4v) is 3.62. The molecule has 6 heteroatoms. The van der Waals surface area contributed by atoms with E-state index in [-0.39, 0.29) is 16.1 Å². The normalized spacial score (nSPS) is 14.0. The summed E-state index contributed by atoms with van der Waals surface area (Å²) in [7, 11) is 0. The van der Waals surface area contributed by atoms with Gasteiger partial charge < -0.3 is 10.6 Å². The van der Waals surface area contributed by atoms with E-state index in [2.05, 4.69) is 37.5 Å². The second-order valence-corrected chi connectivity index (χ2v) is 7.66. The first-order valence-electron chi connectivity index (χ1n) is 7.65. The van der Waals surface area contributed by atoms with Crippen LogP contribution in [0.5, 0.6) is 0 Å². The summed E-state index contributed by atoms with van der Waals surface area (Å²) in [6.45, 7) is 6.32. The third kappa shape index (κ3) is 3.54. The number of para-hydroxylation sites is 1. The summed E-state index contributed by atoms with van der Waals surface area (Å²) in [5.74, 6) is 0. The van der Waals surface area contributed by atoms with E-state index in [0.717, 1.165) is 26.9 Å². The number of rotatable bonds is 3. The van der Waals surface area contributed by atoms with E-state index in [0.29, 0.717) is 0 Å². The monoisotopic (exact) mass is 341 g/mol. The minimum absolute atomic E-state index is 0.0912. The lowest BCUT2D eigenvalue weighted by Crippen LogP contribution is -2.35. The van der Waals surface area contributed by atoms with Crippen molar-refractivity contribution in [2.24, 2.45) is 0 Å². The fourth-order valence-electron chi connectivity index (χ4n) is 2.39. The molecule has 0 aliphatic carbocycles. The number of nitro groups is 1. The molecule has 0 bridgehead atoms. The van der Waals surface area contributed by atoms with Crippen molar-refractivity contribution in [1.29, 1.82) is 0 Å². The number of thioether (sulfide) groups is 1. The Morgan fingerprint density at radius 1 is 1.08 bits per heavy atom. The lowest BCUT2D eigenvalue weighted by Gasteiger charge is -2.30. The van der Waals surface area contributed by atoms with E-state index in [1.54, 1.807) is 23.9 Å². The number of nitrogens with one attached hydrogen (secondary N) is 2. The van der Waals surface area contributed by atoms with Gasteiger partial charge in [-0.3, -0.25) is 10.1 Å². The summed E-state index contributed by atoms with van der Waals surface area (Å²) < 4.78 is 0. The van der Waals surface area contributed by atoms with Crippen molar-refractivity contribution < 1.29 is 4.92 Å². The molecule has 0 amide bonds. The molecule has 24 heavy (non-hydrogen) atoms. The zero-order chi connectivity index (χ0) is 17.3. The summed E-state index contributed by atoms with van der Waals surface area (Å²) in [6.07, 6.45) is 0. The van der Waals surface area contributed by atoms with Crippen molar-refractivity contribution in [3.8, 4) is 0 Å². The van der Waals surface area contributed by atoms with E-state index < -0.39 is 0 Å². The van der Waals surface area contributed by atoms with Crippen LogP contribution in [0.3, 0.4) is 0 Å². The second kappa shape index (κ2) is 6.20. The fraction of sp³-hybridized carbons (Fsp3) is 0.222. The standard InChI is InChI=1S/C18H19N3O2S/c1-18(2,3)20-17-16(12-8-10-13(11-9-12)21(22)23)19-14-6-4-5-7-15(14)24-17/h4-11,19-20H,1-3H3. The van der Waals surface area contributed by atoms with Gasteiger partial charge in [0, 0.05) is 28.1 Å². The van der Waals surface area contributed by atoms with Crippen molar-refractivity contribution in [1.82, 2.24) is 5.32 Å². The SMILES string of the molecule is CC(C)(C)NC1=C(c2ccc([N+](=O)[O-])cc2)Nc2ccccc2S1. The highest BCUT2D eigenvalue weighted by Gasteiger charge is 2.23. The molecular formula is C18H19N3O2S. The van der Waals surface area contributed by atoms with E-state index in [9.17, 15) is 10.1 Å². The first-order valence-corrected chi connectivity index (χ1v) is 8.46. The van der Waals surface area contributed by atoms with Gasteiger partial charge in [-0.15, -0.1) is 0 Å². The lowest BCUT2D eigenvalue weighted by molar-refractivity contribution is -0.384. The number of fused-ring (bicyclic) bond motifs is 1. The minimum Gasteiger partial charge on any atom is -0.373 e. The summed E-state index contributed by atoms with van der Waals surface area (Å²) in [6, 6.07) is 14.7. The van der Waals surface area contributed by atoms with Gasteiger partial charge in [-0.25, -0.2) is 0 Å². The molecule has 0 fully saturated rings. The van der Waals surface area contributed by atoms with Gasteiger partial charge in [0.25, 0.3) is 5.69 Å². The number of hydrogen-bond donors (Lipinski definition) is 2. The number of benzene rings is 2. The second-order valence-electron chi connectivity index (χ2n) is 6.61. The molecule has 0 saturated heterocycles. The number of nitrogens with zero attached hydrogens (tertiary/aromatic N) is 1. The van der Waals surface area contributed by atoms with Gasteiger partial charge in [0.2, 0.25) is 0 Å².